The second-order valence-electron chi connectivity index (χ2n) is 7.53. The van der Waals surface area contributed by atoms with Crippen LogP contribution in [0.4, 0.5) is 5.69 Å². The Labute approximate surface area is 171 Å². The molecule has 1 N–H and O–H groups in total. The van der Waals surface area contributed by atoms with Gasteiger partial charge in [-0.1, -0.05) is 13.3 Å². The number of amides is 1. The van der Waals surface area contributed by atoms with E-state index in [0.717, 1.165) is 25.7 Å². The highest BCUT2D eigenvalue weighted by Crippen LogP contribution is 2.38. The van der Waals surface area contributed by atoms with E-state index in [0.29, 0.717) is 31.4 Å². The lowest BCUT2D eigenvalue weighted by molar-refractivity contribution is -0.148. The first-order chi connectivity index (χ1) is 13.8. The average molecular weight is 425 g/mol. The van der Waals surface area contributed by atoms with Gasteiger partial charge in [0.2, 0.25) is 10.0 Å². The van der Waals surface area contributed by atoms with Crippen LogP contribution >= 0.6 is 0 Å². The molecular formula is C20H28N2O6S. The number of rotatable bonds is 8. The van der Waals surface area contributed by atoms with Crippen LogP contribution in [0.15, 0.2) is 23.1 Å². The van der Waals surface area contributed by atoms with E-state index in [4.69, 9.17) is 9.47 Å². The Hall–Kier alpha value is -2.13. The number of nitrogens with one attached hydrogen (secondary N) is 1. The van der Waals surface area contributed by atoms with Crippen molar-refractivity contribution in [3.8, 4) is 5.75 Å². The lowest BCUT2D eigenvalue weighted by Crippen LogP contribution is -2.35. The quantitative estimate of drug-likeness (QED) is 0.643. The highest BCUT2D eigenvalue weighted by molar-refractivity contribution is 7.89. The molecule has 1 heterocycles. The maximum absolute atomic E-state index is 12.9. The summed E-state index contributed by atoms with van der Waals surface area (Å²) in [6.07, 6.45) is 3.48. The van der Waals surface area contributed by atoms with Gasteiger partial charge in [-0.3, -0.25) is 9.59 Å². The molecule has 1 aromatic rings. The Morgan fingerprint density at radius 3 is 2.52 bits per heavy atom. The molecule has 2 aliphatic rings. The predicted octanol–water partition coefficient (Wildman–Crippen LogP) is 2.40. The number of sulfonamides is 1. The number of ether oxygens (including phenoxy) is 2. The number of carbonyl (C=O) groups is 2. The molecule has 0 radical (unpaired) electrons. The smallest absolute Gasteiger partial charge is 0.309 e. The molecule has 3 rings (SSSR count). The van der Waals surface area contributed by atoms with Crippen molar-refractivity contribution in [3.05, 3.63) is 18.2 Å². The summed E-state index contributed by atoms with van der Waals surface area (Å²) in [4.78, 5) is 24.1. The summed E-state index contributed by atoms with van der Waals surface area (Å²) < 4.78 is 37.9. The second kappa shape index (κ2) is 9.13. The summed E-state index contributed by atoms with van der Waals surface area (Å²) >= 11 is 0. The molecule has 160 valence electrons. The topological polar surface area (TPSA) is 102 Å². The zero-order valence-electron chi connectivity index (χ0n) is 16.8. The SMILES string of the molecule is CCOc1ccc(S(=O)(=O)N2CCCCC2)cc1NC(=O)COC(=O)[C@@H]1C[C@@H]1C. The van der Waals surface area contributed by atoms with E-state index in [1.807, 2.05) is 6.92 Å². The fraction of sp³-hybridized carbons (Fsp3) is 0.600. The number of nitrogens with zero attached hydrogens (tertiary/aromatic N) is 1. The molecule has 29 heavy (non-hydrogen) atoms. The van der Waals surface area contributed by atoms with Crippen LogP contribution in [0, 0.1) is 11.8 Å². The standard InChI is InChI=1S/C20H28N2O6S/c1-3-27-18-8-7-15(29(25,26)22-9-5-4-6-10-22)12-17(18)21-19(23)13-28-20(24)16-11-14(16)2/h7-8,12,14,16H,3-6,9-11,13H2,1-2H3,(H,21,23)/t14-,16+/m0/s1. The molecule has 0 bridgehead atoms. The van der Waals surface area contributed by atoms with Crippen molar-refractivity contribution in [1.82, 2.24) is 4.31 Å². The van der Waals surface area contributed by atoms with E-state index in [9.17, 15) is 18.0 Å². The van der Waals surface area contributed by atoms with E-state index in [1.54, 1.807) is 6.92 Å². The van der Waals surface area contributed by atoms with Gasteiger partial charge >= 0.3 is 5.97 Å². The Kier molecular flexibility index (Phi) is 6.79. The lowest BCUT2D eigenvalue weighted by atomic mass is 10.2. The summed E-state index contributed by atoms with van der Waals surface area (Å²) in [6, 6.07) is 4.42. The zero-order valence-corrected chi connectivity index (χ0v) is 17.7. The normalized spacial score (nSPS) is 22.0. The van der Waals surface area contributed by atoms with Crippen LogP contribution in [0.25, 0.3) is 0 Å². The molecule has 9 heteroatoms. The maximum atomic E-state index is 12.9. The molecule has 1 saturated heterocycles. The summed E-state index contributed by atoms with van der Waals surface area (Å²) in [5.41, 5.74) is 0.241. The Bertz CT molecular complexity index is 864. The van der Waals surface area contributed by atoms with Gasteiger partial charge in [-0.05, 0) is 50.3 Å². The number of esters is 1. The molecule has 0 unspecified atom stereocenters. The number of piperidine rings is 1. The van der Waals surface area contributed by atoms with Gasteiger partial charge in [0.05, 0.1) is 23.1 Å². The summed E-state index contributed by atoms with van der Waals surface area (Å²) in [5.74, 6) is -0.383. The molecule has 8 nitrogen and oxygen atoms in total. The Morgan fingerprint density at radius 1 is 1.21 bits per heavy atom. The van der Waals surface area contributed by atoms with E-state index in [1.165, 1.54) is 22.5 Å². The molecule has 1 saturated carbocycles. The number of carbonyl (C=O) groups excluding carboxylic acids is 2. The fourth-order valence-electron chi connectivity index (χ4n) is 3.38. The number of hydrogen-bond acceptors (Lipinski definition) is 6. The highest BCUT2D eigenvalue weighted by Gasteiger charge is 2.40. The van der Waals surface area contributed by atoms with Gasteiger partial charge in [0.25, 0.3) is 5.91 Å². The minimum Gasteiger partial charge on any atom is -0.492 e. The van der Waals surface area contributed by atoms with Crippen LogP contribution in [0.2, 0.25) is 0 Å². The highest BCUT2D eigenvalue weighted by atomic mass is 32.2. The molecule has 0 aromatic heterocycles. The van der Waals surface area contributed by atoms with Crippen LogP contribution in [0.3, 0.4) is 0 Å². The van der Waals surface area contributed by atoms with Crippen LogP contribution in [-0.4, -0.2) is 50.9 Å². The first kappa shape index (κ1) is 21.6. The maximum Gasteiger partial charge on any atom is 0.309 e. The van der Waals surface area contributed by atoms with Crippen molar-refractivity contribution in [2.75, 3.05) is 31.6 Å². The van der Waals surface area contributed by atoms with E-state index in [2.05, 4.69) is 5.32 Å². The fourth-order valence-corrected chi connectivity index (χ4v) is 4.93. The van der Waals surface area contributed by atoms with Gasteiger partial charge in [-0.2, -0.15) is 4.31 Å². The number of benzene rings is 1. The average Bonchev–Trinajstić information content (AvgIpc) is 3.45. The molecule has 1 aliphatic carbocycles. The summed E-state index contributed by atoms with van der Waals surface area (Å²) in [6.45, 7) is 4.67. The lowest BCUT2D eigenvalue weighted by Gasteiger charge is -2.26. The van der Waals surface area contributed by atoms with Gasteiger partial charge in [0, 0.05) is 13.1 Å². The molecule has 2 atom stereocenters. The third kappa shape index (κ3) is 5.27. The molecule has 1 amide bonds. The van der Waals surface area contributed by atoms with E-state index in [-0.39, 0.29) is 22.5 Å². The molecule has 1 aromatic carbocycles. The van der Waals surface area contributed by atoms with Crippen molar-refractivity contribution in [3.63, 3.8) is 0 Å². The van der Waals surface area contributed by atoms with Crippen molar-refractivity contribution in [1.29, 1.82) is 0 Å². The largest absolute Gasteiger partial charge is 0.492 e. The minimum absolute atomic E-state index is 0.0990. The van der Waals surface area contributed by atoms with Crippen molar-refractivity contribution < 1.29 is 27.5 Å². The molecule has 0 spiro atoms. The minimum atomic E-state index is -3.65. The van der Waals surface area contributed by atoms with Crippen molar-refractivity contribution in [2.45, 2.75) is 44.4 Å². The third-order valence-corrected chi connectivity index (χ3v) is 7.13. The molecule has 2 fully saturated rings. The van der Waals surface area contributed by atoms with Gasteiger partial charge in [0.15, 0.2) is 6.61 Å². The first-order valence-corrected chi connectivity index (χ1v) is 11.5. The number of anilines is 1. The number of hydrogen-bond donors (Lipinski definition) is 1. The second-order valence-corrected chi connectivity index (χ2v) is 9.47. The summed E-state index contributed by atoms with van der Waals surface area (Å²) in [7, 11) is -3.65. The van der Waals surface area contributed by atoms with Gasteiger partial charge < -0.3 is 14.8 Å². The monoisotopic (exact) mass is 424 g/mol. The predicted molar refractivity (Wildman–Crippen MR) is 107 cm³/mol. The van der Waals surface area contributed by atoms with Gasteiger partial charge in [0.1, 0.15) is 5.75 Å². The third-order valence-electron chi connectivity index (χ3n) is 5.24. The van der Waals surface area contributed by atoms with Crippen LogP contribution < -0.4 is 10.1 Å². The Balaban J connectivity index is 1.72. The van der Waals surface area contributed by atoms with E-state index < -0.39 is 22.5 Å². The van der Waals surface area contributed by atoms with Gasteiger partial charge in [-0.15, -0.1) is 0 Å². The first-order valence-electron chi connectivity index (χ1n) is 10.1. The van der Waals surface area contributed by atoms with Crippen LogP contribution in [0.1, 0.15) is 39.5 Å². The Morgan fingerprint density at radius 2 is 1.90 bits per heavy atom. The molecular weight excluding hydrogens is 396 g/mol. The van der Waals surface area contributed by atoms with Crippen LogP contribution in [-0.2, 0) is 24.3 Å². The van der Waals surface area contributed by atoms with Crippen LogP contribution in [0.5, 0.6) is 5.75 Å². The van der Waals surface area contributed by atoms with Crippen molar-refractivity contribution >= 4 is 27.6 Å². The molecule has 1 aliphatic heterocycles. The zero-order chi connectivity index (χ0) is 21.0. The van der Waals surface area contributed by atoms with Crippen molar-refractivity contribution in [2.24, 2.45) is 11.8 Å². The van der Waals surface area contributed by atoms with Gasteiger partial charge in [-0.25, -0.2) is 8.42 Å². The summed E-state index contributed by atoms with van der Waals surface area (Å²) in [5, 5.41) is 2.61. The van der Waals surface area contributed by atoms with E-state index >= 15 is 0 Å².